The molecule has 0 aliphatic heterocycles. The van der Waals surface area contributed by atoms with Crippen molar-refractivity contribution in [3.63, 3.8) is 0 Å². The summed E-state index contributed by atoms with van der Waals surface area (Å²) in [6.45, 7) is 5.98. The van der Waals surface area contributed by atoms with Crippen LogP contribution in [0.3, 0.4) is 0 Å². The molecule has 0 aliphatic carbocycles. The van der Waals surface area contributed by atoms with Crippen molar-refractivity contribution in [3.8, 4) is 5.75 Å². The number of benzene rings is 2. The molecule has 264 valence electrons. The summed E-state index contributed by atoms with van der Waals surface area (Å²) in [6, 6.07) is 11.4. The predicted octanol–water partition coefficient (Wildman–Crippen LogP) is 3.98. The number of rotatable bonds is 23. The Morgan fingerprint density at radius 1 is 0.729 bits per heavy atom. The van der Waals surface area contributed by atoms with Crippen molar-refractivity contribution in [2.24, 2.45) is 5.92 Å². The quantitative estimate of drug-likeness (QED) is 0.0967. The number of carbonyl (C=O) groups is 5. The van der Waals surface area contributed by atoms with Gasteiger partial charge in [-0.1, -0.05) is 69.2 Å². The van der Waals surface area contributed by atoms with Crippen molar-refractivity contribution in [1.29, 1.82) is 0 Å². The van der Waals surface area contributed by atoms with Crippen molar-refractivity contribution in [2.45, 2.75) is 110 Å². The van der Waals surface area contributed by atoms with E-state index in [9.17, 15) is 34.2 Å². The van der Waals surface area contributed by atoms with Gasteiger partial charge in [0.1, 0.15) is 23.6 Å². The molecule has 0 fully saturated rings. The molecule has 0 aromatic heterocycles. The van der Waals surface area contributed by atoms with Crippen LogP contribution >= 0.6 is 0 Å². The van der Waals surface area contributed by atoms with Gasteiger partial charge in [0, 0.05) is 31.7 Å². The molecule has 11 nitrogen and oxygen atoms in total. The van der Waals surface area contributed by atoms with E-state index < -0.39 is 35.9 Å². The second-order valence-electron chi connectivity index (χ2n) is 12.7. The van der Waals surface area contributed by atoms with Crippen LogP contribution in [-0.2, 0) is 36.8 Å². The molecule has 0 saturated heterocycles. The maximum atomic E-state index is 13.4. The molecular formula is C37H54N4O7. The van der Waals surface area contributed by atoms with E-state index in [1.165, 1.54) is 0 Å². The fraction of sp³-hybridized carbons (Fsp3) is 0.541. The number of likely N-dealkylation sites (N-methyl/N-ethyl adjacent to an activating group) is 1. The Hall–Kier alpha value is -4.25. The number of phenolic OH excluding ortho intramolecular Hbond substituents is 1. The van der Waals surface area contributed by atoms with E-state index in [1.807, 2.05) is 44.2 Å². The fourth-order valence-corrected chi connectivity index (χ4v) is 5.28. The minimum atomic E-state index is -1.18. The van der Waals surface area contributed by atoms with E-state index in [0.717, 1.165) is 36.8 Å². The van der Waals surface area contributed by atoms with Crippen LogP contribution in [-0.4, -0.2) is 71.4 Å². The molecule has 3 amide bonds. The molecule has 2 aromatic rings. The van der Waals surface area contributed by atoms with Gasteiger partial charge < -0.3 is 31.5 Å². The summed E-state index contributed by atoms with van der Waals surface area (Å²) in [4.78, 5) is 62.7. The van der Waals surface area contributed by atoms with Gasteiger partial charge >= 0.3 is 5.97 Å². The van der Waals surface area contributed by atoms with Crippen LogP contribution in [0.2, 0.25) is 0 Å². The Morgan fingerprint density at radius 2 is 1.35 bits per heavy atom. The molecule has 48 heavy (non-hydrogen) atoms. The largest absolute Gasteiger partial charge is 0.508 e. The van der Waals surface area contributed by atoms with Crippen LogP contribution < -0.4 is 21.3 Å². The summed E-state index contributed by atoms with van der Waals surface area (Å²) in [5.41, 5.74) is 2.32. The summed E-state index contributed by atoms with van der Waals surface area (Å²) < 4.78 is 0. The molecule has 0 spiro atoms. The highest BCUT2D eigenvalue weighted by Gasteiger charge is 2.29. The van der Waals surface area contributed by atoms with Gasteiger partial charge in [0.15, 0.2) is 0 Å². The number of hydrogen-bond donors (Lipinski definition) is 6. The van der Waals surface area contributed by atoms with E-state index in [1.54, 1.807) is 32.2 Å². The zero-order chi connectivity index (χ0) is 35.5. The first kappa shape index (κ1) is 39.9. The Balaban J connectivity index is 1.87. The highest BCUT2D eigenvalue weighted by Crippen LogP contribution is 2.18. The smallest absolute Gasteiger partial charge is 0.326 e. The van der Waals surface area contributed by atoms with Gasteiger partial charge in [-0.05, 0) is 75.3 Å². The monoisotopic (exact) mass is 666 g/mol. The van der Waals surface area contributed by atoms with E-state index in [0.29, 0.717) is 44.2 Å². The summed E-state index contributed by atoms with van der Waals surface area (Å²) in [5.74, 6) is -1.75. The molecule has 3 unspecified atom stereocenters. The number of Topliss-reactive ketones (excluding diaryl/α,β-unsaturated/α-hetero) is 1. The molecule has 11 heteroatoms. The third kappa shape index (κ3) is 15.1. The lowest BCUT2D eigenvalue weighted by molar-refractivity contribution is -0.142. The van der Waals surface area contributed by atoms with E-state index >= 15 is 0 Å². The maximum Gasteiger partial charge on any atom is 0.326 e. The van der Waals surface area contributed by atoms with E-state index in [-0.39, 0.29) is 36.2 Å². The lowest BCUT2D eigenvalue weighted by Crippen LogP contribution is -2.56. The zero-order valence-electron chi connectivity index (χ0n) is 28.8. The number of aliphatic carboxylic acids is 1. The zero-order valence-corrected chi connectivity index (χ0v) is 28.8. The van der Waals surface area contributed by atoms with Gasteiger partial charge in [-0.2, -0.15) is 0 Å². The average Bonchev–Trinajstić information content (AvgIpc) is 3.05. The molecule has 2 rings (SSSR count). The minimum Gasteiger partial charge on any atom is -0.508 e. The summed E-state index contributed by atoms with van der Waals surface area (Å²) >= 11 is 0. The van der Waals surface area contributed by atoms with Crippen LogP contribution in [0.25, 0.3) is 0 Å². The Bertz CT molecular complexity index is 1330. The van der Waals surface area contributed by atoms with Gasteiger partial charge in [0.05, 0.1) is 6.04 Å². The lowest BCUT2D eigenvalue weighted by Gasteiger charge is -2.24. The molecule has 0 aliphatic rings. The fourth-order valence-electron chi connectivity index (χ4n) is 5.28. The maximum absolute atomic E-state index is 13.4. The van der Waals surface area contributed by atoms with E-state index in [2.05, 4.69) is 21.3 Å². The minimum absolute atomic E-state index is 0.0590. The van der Waals surface area contributed by atoms with Crippen molar-refractivity contribution in [2.75, 3.05) is 13.6 Å². The number of ketones is 1. The molecular weight excluding hydrogens is 612 g/mol. The summed E-state index contributed by atoms with van der Waals surface area (Å²) in [5, 5.41) is 31.0. The third-order valence-corrected chi connectivity index (χ3v) is 8.36. The highest BCUT2D eigenvalue weighted by molar-refractivity contribution is 5.92. The first-order chi connectivity index (χ1) is 22.9. The number of carbonyl (C=O) groups excluding carboxylic acids is 4. The number of aryl methyl sites for hydroxylation is 1. The highest BCUT2D eigenvalue weighted by atomic mass is 16.4. The lowest BCUT2D eigenvalue weighted by atomic mass is 10.0. The Kier molecular flexibility index (Phi) is 18.0. The number of nitrogens with one attached hydrogen (secondary N) is 4. The average molecular weight is 667 g/mol. The molecule has 0 bridgehead atoms. The van der Waals surface area contributed by atoms with Gasteiger partial charge in [-0.3, -0.25) is 19.2 Å². The Labute approximate surface area is 284 Å². The number of phenols is 1. The number of amides is 3. The van der Waals surface area contributed by atoms with Crippen LogP contribution in [0.15, 0.2) is 48.5 Å². The summed E-state index contributed by atoms with van der Waals surface area (Å²) in [6.07, 6.45) is 6.05. The number of hydrogen-bond acceptors (Lipinski definition) is 7. The van der Waals surface area contributed by atoms with Crippen molar-refractivity contribution in [3.05, 3.63) is 65.2 Å². The summed E-state index contributed by atoms with van der Waals surface area (Å²) in [7, 11) is 1.65. The second kappa shape index (κ2) is 21.6. The number of unbranched alkanes of at least 4 members (excludes halogenated alkanes) is 4. The SMILES string of the molecule is CNC(Cc1ccc(O)c(C)c1)C(=O)NC(Cc1ccccc1)C(=O)NC(CCCCNC(=O)CCCCCCC(=O)C(C)C)C(=O)O. The topological polar surface area (TPSA) is 174 Å². The normalized spacial score (nSPS) is 12.9. The number of aromatic hydroxyl groups is 1. The molecule has 3 atom stereocenters. The van der Waals surface area contributed by atoms with Crippen LogP contribution in [0.5, 0.6) is 5.75 Å². The molecule has 0 radical (unpaired) electrons. The third-order valence-electron chi connectivity index (χ3n) is 8.36. The van der Waals surface area contributed by atoms with Gasteiger partial charge in [-0.15, -0.1) is 0 Å². The van der Waals surface area contributed by atoms with Crippen LogP contribution in [0.1, 0.15) is 88.3 Å². The molecule has 0 heterocycles. The standard InChI is InChI=1S/C37H54N4O7/c1-25(2)32(42)17-10-5-6-11-18-34(44)39-21-13-12-16-29(37(47)48)40-36(46)31(23-27-14-8-7-9-15-27)41-35(45)30(38-4)24-28-19-20-33(43)26(3)22-28/h7-9,14-15,19-20,22,25,29-31,38,43H,5-6,10-13,16-18,21,23-24H2,1-4H3,(H,39,44)(H,40,46)(H,41,45)(H,47,48). The molecule has 0 saturated carbocycles. The Morgan fingerprint density at radius 3 is 1.98 bits per heavy atom. The predicted molar refractivity (Wildman–Crippen MR) is 185 cm³/mol. The first-order valence-electron chi connectivity index (χ1n) is 17.0. The first-order valence-corrected chi connectivity index (χ1v) is 17.0. The van der Waals surface area contributed by atoms with Crippen LogP contribution in [0.4, 0.5) is 0 Å². The van der Waals surface area contributed by atoms with E-state index in [4.69, 9.17) is 0 Å². The van der Waals surface area contributed by atoms with Crippen molar-refractivity contribution >= 4 is 29.5 Å². The van der Waals surface area contributed by atoms with Gasteiger partial charge in [-0.25, -0.2) is 4.79 Å². The van der Waals surface area contributed by atoms with Crippen molar-refractivity contribution in [1.82, 2.24) is 21.3 Å². The molecule has 6 N–H and O–H groups in total. The number of carboxylic acids is 1. The van der Waals surface area contributed by atoms with Crippen LogP contribution in [0, 0.1) is 12.8 Å². The molecule has 2 aromatic carbocycles. The number of carboxylic acid groups (broad SMARTS) is 1. The van der Waals surface area contributed by atoms with Crippen molar-refractivity contribution < 1.29 is 34.2 Å². The second-order valence-corrected chi connectivity index (χ2v) is 12.7. The van der Waals surface area contributed by atoms with Gasteiger partial charge in [0.2, 0.25) is 17.7 Å². The van der Waals surface area contributed by atoms with Gasteiger partial charge in [0.25, 0.3) is 0 Å².